The number of hydrogen-bond donors (Lipinski definition) is 1. The first kappa shape index (κ1) is 12.5. The summed E-state index contributed by atoms with van der Waals surface area (Å²) < 4.78 is 0. The van der Waals surface area contributed by atoms with Crippen molar-refractivity contribution in [3.63, 3.8) is 0 Å². The van der Waals surface area contributed by atoms with Gasteiger partial charge in [0.2, 0.25) is 0 Å². The highest BCUT2D eigenvalue weighted by Gasteiger charge is 2.13. The van der Waals surface area contributed by atoms with Crippen LogP contribution in [0.4, 0.5) is 0 Å². The molecule has 0 radical (unpaired) electrons. The molecule has 0 amide bonds. The van der Waals surface area contributed by atoms with Gasteiger partial charge in [-0.1, -0.05) is 41.9 Å². The molecular weight excluding hydrogens is 252 g/mol. The number of aliphatic hydroxyl groups excluding tert-OH is 1. The molecule has 0 heterocycles. The molecule has 0 saturated heterocycles. The van der Waals surface area contributed by atoms with Crippen molar-refractivity contribution in [2.24, 2.45) is 0 Å². The van der Waals surface area contributed by atoms with Gasteiger partial charge in [0.1, 0.15) is 6.10 Å². The van der Waals surface area contributed by atoms with E-state index in [-0.39, 0.29) is 0 Å². The normalized spacial score (nSPS) is 12.4. The van der Waals surface area contributed by atoms with E-state index in [1.807, 2.05) is 42.7 Å². The van der Waals surface area contributed by atoms with E-state index in [9.17, 15) is 5.11 Å². The molecule has 3 heteroatoms. The quantitative estimate of drug-likeness (QED) is 0.841. The Morgan fingerprint density at radius 2 is 1.71 bits per heavy atom. The van der Waals surface area contributed by atoms with Gasteiger partial charge in [-0.3, -0.25) is 0 Å². The average molecular weight is 265 g/mol. The SMILES string of the molecule is CSc1ccccc1C(O)c1ccc(Cl)cc1. The van der Waals surface area contributed by atoms with Gasteiger partial charge in [-0.25, -0.2) is 0 Å². The highest BCUT2D eigenvalue weighted by Crippen LogP contribution is 2.30. The van der Waals surface area contributed by atoms with Gasteiger partial charge >= 0.3 is 0 Å². The maximum Gasteiger partial charge on any atom is 0.105 e. The standard InChI is InChI=1S/C14H13ClOS/c1-17-13-5-3-2-4-12(13)14(16)10-6-8-11(15)9-7-10/h2-9,14,16H,1H3. The van der Waals surface area contributed by atoms with Gasteiger partial charge in [0, 0.05) is 9.92 Å². The van der Waals surface area contributed by atoms with Gasteiger partial charge in [-0.2, -0.15) is 0 Å². The minimum Gasteiger partial charge on any atom is -0.384 e. The van der Waals surface area contributed by atoms with Crippen LogP contribution >= 0.6 is 23.4 Å². The minimum absolute atomic E-state index is 0.601. The third-order valence-corrected chi connectivity index (χ3v) is 3.68. The van der Waals surface area contributed by atoms with Crippen LogP contribution in [0.2, 0.25) is 5.02 Å². The molecule has 1 atom stereocenters. The van der Waals surface area contributed by atoms with Crippen molar-refractivity contribution in [3.8, 4) is 0 Å². The van der Waals surface area contributed by atoms with E-state index in [1.165, 1.54) is 0 Å². The van der Waals surface area contributed by atoms with Crippen LogP contribution in [0, 0.1) is 0 Å². The summed E-state index contributed by atoms with van der Waals surface area (Å²) >= 11 is 7.47. The highest BCUT2D eigenvalue weighted by atomic mass is 35.5. The van der Waals surface area contributed by atoms with E-state index >= 15 is 0 Å². The summed E-state index contributed by atoms with van der Waals surface area (Å²) in [7, 11) is 0. The lowest BCUT2D eigenvalue weighted by Gasteiger charge is -2.14. The van der Waals surface area contributed by atoms with Crippen molar-refractivity contribution >= 4 is 23.4 Å². The molecule has 0 aliphatic carbocycles. The Kier molecular flexibility index (Phi) is 4.11. The first-order chi connectivity index (χ1) is 8.22. The number of thioether (sulfide) groups is 1. The maximum absolute atomic E-state index is 10.3. The summed E-state index contributed by atoms with van der Waals surface area (Å²) in [4.78, 5) is 1.09. The first-order valence-corrected chi connectivity index (χ1v) is 6.89. The summed E-state index contributed by atoms with van der Waals surface area (Å²) in [5.74, 6) is 0. The van der Waals surface area contributed by atoms with Gasteiger partial charge in [0.05, 0.1) is 0 Å². The fourth-order valence-corrected chi connectivity index (χ4v) is 2.47. The van der Waals surface area contributed by atoms with Gasteiger partial charge in [0.15, 0.2) is 0 Å². The molecule has 2 aromatic rings. The molecule has 0 saturated carbocycles. The first-order valence-electron chi connectivity index (χ1n) is 5.29. The van der Waals surface area contributed by atoms with E-state index in [4.69, 9.17) is 11.6 Å². The molecule has 0 aliphatic heterocycles. The lowest BCUT2D eigenvalue weighted by atomic mass is 10.0. The van der Waals surface area contributed by atoms with Crippen LogP contribution in [0.5, 0.6) is 0 Å². The Bertz CT molecular complexity index is 496. The molecule has 0 spiro atoms. The number of benzene rings is 2. The van der Waals surface area contributed by atoms with Crippen molar-refractivity contribution < 1.29 is 5.11 Å². The molecular formula is C14H13ClOS. The summed E-state index contributed by atoms with van der Waals surface area (Å²) in [6.45, 7) is 0. The van der Waals surface area contributed by atoms with E-state index in [1.54, 1.807) is 23.9 Å². The molecule has 0 aliphatic rings. The molecule has 88 valence electrons. The van der Waals surface area contributed by atoms with Gasteiger partial charge in [0.25, 0.3) is 0 Å². The molecule has 1 unspecified atom stereocenters. The molecule has 2 rings (SSSR count). The third kappa shape index (κ3) is 2.83. The number of rotatable bonds is 3. The molecule has 0 bridgehead atoms. The van der Waals surface area contributed by atoms with Crippen LogP contribution in [0.15, 0.2) is 53.4 Å². The lowest BCUT2D eigenvalue weighted by molar-refractivity contribution is 0.217. The summed E-state index contributed by atoms with van der Waals surface area (Å²) in [5.41, 5.74) is 1.79. The Morgan fingerprint density at radius 1 is 1.06 bits per heavy atom. The van der Waals surface area contributed by atoms with E-state index in [2.05, 4.69) is 0 Å². The molecule has 17 heavy (non-hydrogen) atoms. The molecule has 0 fully saturated rings. The van der Waals surface area contributed by atoms with Crippen LogP contribution in [-0.4, -0.2) is 11.4 Å². The zero-order chi connectivity index (χ0) is 12.3. The second-order valence-electron chi connectivity index (χ2n) is 3.70. The largest absolute Gasteiger partial charge is 0.384 e. The molecule has 2 aromatic carbocycles. The summed E-state index contributed by atoms with van der Waals surface area (Å²) in [6.07, 6.45) is 1.41. The van der Waals surface area contributed by atoms with E-state index < -0.39 is 6.10 Å². The van der Waals surface area contributed by atoms with E-state index in [0.29, 0.717) is 5.02 Å². The van der Waals surface area contributed by atoms with Gasteiger partial charge in [-0.15, -0.1) is 11.8 Å². The Morgan fingerprint density at radius 3 is 2.35 bits per heavy atom. The van der Waals surface area contributed by atoms with E-state index in [0.717, 1.165) is 16.0 Å². The van der Waals surface area contributed by atoms with Gasteiger partial charge < -0.3 is 5.11 Å². The Labute approximate surface area is 110 Å². The third-order valence-electron chi connectivity index (χ3n) is 2.62. The Balaban J connectivity index is 2.36. The van der Waals surface area contributed by atoms with Crippen molar-refractivity contribution in [1.82, 2.24) is 0 Å². The predicted octanol–water partition coefficient (Wildman–Crippen LogP) is 4.14. The van der Waals surface area contributed by atoms with Crippen LogP contribution in [0.1, 0.15) is 17.2 Å². The fourth-order valence-electron chi connectivity index (χ4n) is 1.72. The lowest BCUT2D eigenvalue weighted by Crippen LogP contribution is -2.00. The second-order valence-corrected chi connectivity index (χ2v) is 4.98. The van der Waals surface area contributed by atoms with Crippen molar-refractivity contribution in [2.45, 2.75) is 11.0 Å². The van der Waals surface area contributed by atoms with Crippen LogP contribution in [-0.2, 0) is 0 Å². The predicted molar refractivity (Wildman–Crippen MR) is 73.7 cm³/mol. The number of halogens is 1. The topological polar surface area (TPSA) is 20.2 Å². The molecule has 1 nitrogen and oxygen atoms in total. The smallest absolute Gasteiger partial charge is 0.105 e. The van der Waals surface area contributed by atoms with Crippen LogP contribution < -0.4 is 0 Å². The number of hydrogen-bond acceptors (Lipinski definition) is 2. The van der Waals surface area contributed by atoms with Gasteiger partial charge in [-0.05, 0) is 35.6 Å². The molecule has 0 aromatic heterocycles. The van der Waals surface area contributed by atoms with Crippen LogP contribution in [0.25, 0.3) is 0 Å². The average Bonchev–Trinajstić information content (AvgIpc) is 2.39. The van der Waals surface area contributed by atoms with Crippen molar-refractivity contribution in [2.75, 3.05) is 6.26 Å². The summed E-state index contributed by atoms with van der Waals surface area (Å²) in [6, 6.07) is 15.2. The monoisotopic (exact) mass is 264 g/mol. The zero-order valence-electron chi connectivity index (χ0n) is 9.43. The molecule has 1 N–H and O–H groups in total. The Hall–Kier alpha value is -0.960. The minimum atomic E-state index is -0.601. The van der Waals surface area contributed by atoms with Crippen molar-refractivity contribution in [3.05, 3.63) is 64.7 Å². The van der Waals surface area contributed by atoms with Crippen molar-refractivity contribution in [1.29, 1.82) is 0 Å². The van der Waals surface area contributed by atoms with Crippen LogP contribution in [0.3, 0.4) is 0 Å². The maximum atomic E-state index is 10.3. The zero-order valence-corrected chi connectivity index (χ0v) is 11.0. The number of aliphatic hydroxyl groups is 1. The summed E-state index contributed by atoms with van der Waals surface area (Å²) in [5, 5.41) is 11.0. The highest BCUT2D eigenvalue weighted by molar-refractivity contribution is 7.98. The fraction of sp³-hybridized carbons (Fsp3) is 0.143. The second kappa shape index (κ2) is 5.58.